The van der Waals surface area contributed by atoms with E-state index in [1.807, 2.05) is 0 Å². The topological polar surface area (TPSA) is 15.3 Å². The molecule has 2 fully saturated rings. The third-order valence-electron chi connectivity index (χ3n) is 3.41. The summed E-state index contributed by atoms with van der Waals surface area (Å²) in [5.41, 5.74) is 0. The quantitative estimate of drug-likeness (QED) is 0.710. The molecule has 2 nitrogen and oxygen atoms in total. The van der Waals surface area contributed by atoms with Gasteiger partial charge in [-0.2, -0.15) is 0 Å². The van der Waals surface area contributed by atoms with Gasteiger partial charge in [-0.1, -0.05) is 12.8 Å². The SMILES string of the molecule is C1CCC(NCCN2CCCC2)C1. The van der Waals surface area contributed by atoms with Gasteiger partial charge < -0.3 is 10.2 Å². The monoisotopic (exact) mass is 182 g/mol. The number of nitrogens with zero attached hydrogens (tertiary/aromatic N) is 1. The van der Waals surface area contributed by atoms with Gasteiger partial charge in [0.25, 0.3) is 0 Å². The van der Waals surface area contributed by atoms with Crippen molar-refractivity contribution in [3.05, 3.63) is 0 Å². The van der Waals surface area contributed by atoms with Crippen LogP contribution in [0.4, 0.5) is 0 Å². The zero-order valence-corrected chi connectivity index (χ0v) is 8.60. The summed E-state index contributed by atoms with van der Waals surface area (Å²) in [7, 11) is 0. The highest BCUT2D eigenvalue weighted by Gasteiger charge is 2.15. The van der Waals surface area contributed by atoms with E-state index < -0.39 is 0 Å². The fourth-order valence-electron chi connectivity index (χ4n) is 2.56. The summed E-state index contributed by atoms with van der Waals surface area (Å²) in [4.78, 5) is 2.59. The lowest BCUT2D eigenvalue weighted by molar-refractivity contribution is 0.327. The minimum Gasteiger partial charge on any atom is -0.313 e. The van der Waals surface area contributed by atoms with E-state index in [4.69, 9.17) is 0 Å². The van der Waals surface area contributed by atoms with Crippen LogP contribution in [0.15, 0.2) is 0 Å². The van der Waals surface area contributed by atoms with Crippen molar-refractivity contribution in [1.29, 1.82) is 0 Å². The Morgan fingerprint density at radius 3 is 2.38 bits per heavy atom. The maximum absolute atomic E-state index is 3.67. The molecule has 0 amide bonds. The highest BCUT2D eigenvalue weighted by atomic mass is 15.2. The van der Waals surface area contributed by atoms with Crippen LogP contribution in [-0.2, 0) is 0 Å². The van der Waals surface area contributed by atoms with E-state index in [-0.39, 0.29) is 0 Å². The van der Waals surface area contributed by atoms with Crippen molar-refractivity contribution in [3.8, 4) is 0 Å². The number of rotatable bonds is 4. The average Bonchev–Trinajstić information content (AvgIpc) is 2.75. The third-order valence-corrected chi connectivity index (χ3v) is 3.41. The summed E-state index contributed by atoms with van der Waals surface area (Å²) >= 11 is 0. The van der Waals surface area contributed by atoms with Gasteiger partial charge in [-0.25, -0.2) is 0 Å². The Kier molecular flexibility index (Phi) is 3.62. The predicted octanol–water partition coefficient (Wildman–Crippen LogP) is 1.61. The summed E-state index contributed by atoms with van der Waals surface area (Å²) in [6, 6.07) is 0.850. The van der Waals surface area contributed by atoms with Crippen LogP contribution in [-0.4, -0.2) is 37.1 Å². The molecule has 0 aromatic rings. The van der Waals surface area contributed by atoms with Crippen LogP contribution in [0.2, 0.25) is 0 Å². The van der Waals surface area contributed by atoms with Crippen LogP contribution in [0.25, 0.3) is 0 Å². The largest absolute Gasteiger partial charge is 0.313 e. The first-order chi connectivity index (χ1) is 6.45. The van der Waals surface area contributed by atoms with Gasteiger partial charge in [0.1, 0.15) is 0 Å². The molecule has 0 bridgehead atoms. The Morgan fingerprint density at radius 1 is 1.00 bits per heavy atom. The normalized spacial score (nSPS) is 25.8. The summed E-state index contributed by atoms with van der Waals surface area (Å²) in [5, 5.41) is 3.67. The lowest BCUT2D eigenvalue weighted by Gasteiger charge is -2.17. The smallest absolute Gasteiger partial charge is 0.0107 e. The predicted molar refractivity (Wildman–Crippen MR) is 55.9 cm³/mol. The number of hydrogen-bond acceptors (Lipinski definition) is 2. The fraction of sp³-hybridized carbons (Fsp3) is 1.00. The number of likely N-dealkylation sites (tertiary alicyclic amines) is 1. The molecule has 2 heteroatoms. The molecule has 0 atom stereocenters. The average molecular weight is 182 g/mol. The summed E-state index contributed by atoms with van der Waals surface area (Å²) < 4.78 is 0. The summed E-state index contributed by atoms with van der Waals surface area (Å²) in [6.07, 6.45) is 8.57. The molecule has 1 aliphatic carbocycles. The van der Waals surface area contributed by atoms with Gasteiger partial charge in [-0.3, -0.25) is 0 Å². The van der Waals surface area contributed by atoms with Crippen LogP contribution in [0.5, 0.6) is 0 Å². The third kappa shape index (κ3) is 2.96. The van der Waals surface area contributed by atoms with E-state index in [0.29, 0.717) is 0 Å². The Morgan fingerprint density at radius 2 is 1.69 bits per heavy atom. The molecule has 0 aromatic heterocycles. The van der Waals surface area contributed by atoms with Gasteiger partial charge in [0.2, 0.25) is 0 Å². The van der Waals surface area contributed by atoms with Crippen molar-refractivity contribution >= 4 is 0 Å². The molecule has 1 N–H and O–H groups in total. The maximum Gasteiger partial charge on any atom is 0.0107 e. The molecule has 0 unspecified atom stereocenters. The van der Waals surface area contributed by atoms with Crippen LogP contribution >= 0.6 is 0 Å². The van der Waals surface area contributed by atoms with Gasteiger partial charge in [0.05, 0.1) is 0 Å². The number of nitrogens with one attached hydrogen (secondary N) is 1. The van der Waals surface area contributed by atoms with Gasteiger partial charge in [0, 0.05) is 19.1 Å². The first-order valence-electron chi connectivity index (χ1n) is 5.91. The van der Waals surface area contributed by atoms with Crippen molar-refractivity contribution in [2.24, 2.45) is 0 Å². The molecule has 0 aromatic carbocycles. The highest BCUT2D eigenvalue weighted by Crippen LogP contribution is 2.17. The molecule has 1 saturated heterocycles. The molecule has 1 saturated carbocycles. The molecule has 0 radical (unpaired) electrons. The van der Waals surface area contributed by atoms with Crippen molar-refractivity contribution in [2.75, 3.05) is 26.2 Å². The molecular weight excluding hydrogens is 160 g/mol. The fourth-order valence-corrected chi connectivity index (χ4v) is 2.56. The summed E-state index contributed by atoms with van der Waals surface area (Å²) in [6.45, 7) is 5.17. The van der Waals surface area contributed by atoms with Crippen LogP contribution in [0, 0.1) is 0 Å². The molecule has 76 valence electrons. The van der Waals surface area contributed by atoms with E-state index in [0.717, 1.165) is 6.04 Å². The first kappa shape index (κ1) is 9.47. The minimum atomic E-state index is 0.850. The minimum absolute atomic E-state index is 0.850. The standard InChI is InChI=1S/C11H22N2/c1-2-6-11(5-1)12-7-10-13-8-3-4-9-13/h11-12H,1-10H2. The second kappa shape index (κ2) is 4.97. The lowest BCUT2D eigenvalue weighted by atomic mass is 10.2. The zero-order valence-electron chi connectivity index (χ0n) is 8.60. The molecule has 1 aliphatic heterocycles. The van der Waals surface area contributed by atoms with Crippen molar-refractivity contribution in [3.63, 3.8) is 0 Å². The van der Waals surface area contributed by atoms with Gasteiger partial charge in [-0.05, 0) is 38.8 Å². The van der Waals surface area contributed by atoms with Crippen LogP contribution in [0.1, 0.15) is 38.5 Å². The van der Waals surface area contributed by atoms with E-state index in [1.165, 1.54) is 64.7 Å². The second-order valence-electron chi connectivity index (χ2n) is 4.48. The zero-order chi connectivity index (χ0) is 8.93. The Bertz CT molecular complexity index is 119. The Labute approximate surface area is 81.7 Å². The molecule has 2 aliphatic rings. The van der Waals surface area contributed by atoms with E-state index in [1.54, 1.807) is 0 Å². The lowest BCUT2D eigenvalue weighted by Crippen LogP contribution is -2.34. The van der Waals surface area contributed by atoms with E-state index in [2.05, 4.69) is 10.2 Å². The van der Waals surface area contributed by atoms with Crippen molar-refractivity contribution in [1.82, 2.24) is 10.2 Å². The van der Waals surface area contributed by atoms with Gasteiger partial charge in [0.15, 0.2) is 0 Å². The molecule has 0 spiro atoms. The van der Waals surface area contributed by atoms with Gasteiger partial charge >= 0.3 is 0 Å². The Balaban J connectivity index is 1.52. The number of hydrogen-bond donors (Lipinski definition) is 1. The van der Waals surface area contributed by atoms with E-state index in [9.17, 15) is 0 Å². The summed E-state index contributed by atoms with van der Waals surface area (Å²) in [5.74, 6) is 0. The molecule has 2 rings (SSSR count). The van der Waals surface area contributed by atoms with Crippen LogP contribution in [0.3, 0.4) is 0 Å². The second-order valence-corrected chi connectivity index (χ2v) is 4.48. The van der Waals surface area contributed by atoms with Crippen molar-refractivity contribution < 1.29 is 0 Å². The van der Waals surface area contributed by atoms with Crippen LogP contribution < -0.4 is 5.32 Å². The Hall–Kier alpha value is -0.0800. The van der Waals surface area contributed by atoms with Crippen molar-refractivity contribution in [2.45, 2.75) is 44.6 Å². The molecule has 13 heavy (non-hydrogen) atoms. The molecular formula is C11H22N2. The highest BCUT2D eigenvalue weighted by molar-refractivity contribution is 4.75. The van der Waals surface area contributed by atoms with Gasteiger partial charge in [-0.15, -0.1) is 0 Å². The first-order valence-corrected chi connectivity index (χ1v) is 5.91. The molecule has 1 heterocycles. The maximum atomic E-state index is 3.67. The van der Waals surface area contributed by atoms with E-state index >= 15 is 0 Å².